The Bertz CT molecular complexity index is 849. The smallest absolute Gasteiger partial charge is 0.414 e. The molecule has 3 rings (SSSR count). The van der Waals surface area contributed by atoms with E-state index in [1.165, 1.54) is 4.90 Å². The largest absolute Gasteiger partial charge is 0.447 e. The molecule has 0 radical (unpaired) electrons. The Balaban J connectivity index is 1.89. The van der Waals surface area contributed by atoms with E-state index in [9.17, 15) is 13.2 Å². The van der Waals surface area contributed by atoms with Crippen LogP contribution in [0.25, 0.3) is 0 Å². The SMILES string of the molecule is Cc1ccccc1S(=O)(=O)Nc1cccc(N2CCOC2=O)c1. The number of amides is 1. The molecule has 0 aromatic heterocycles. The summed E-state index contributed by atoms with van der Waals surface area (Å²) in [7, 11) is -3.68. The highest BCUT2D eigenvalue weighted by Gasteiger charge is 2.24. The van der Waals surface area contributed by atoms with Crippen molar-refractivity contribution in [3.8, 4) is 0 Å². The molecule has 23 heavy (non-hydrogen) atoms. The van der Waals surface area contributed by atoms with Gasteiger partial charge in [-0.15, -0.1) is 0 Å². The normalized spacial score (nSPS) is 14.7. The predicted octanol–water partition coefficient (Wildman–Crippen LogP) is 2.75. The zero-order valence-electron chi connectivity index (χ0n) is 12.5. The number of carbonyl (C=O) groups excluding carboxylic acids is 1. The van der Waals surface area contributed by atoms with E-state index in [2.05, 4.69) is 4.72 Å². The number of nitrogens with zero attached hydrogens (tertiary/aromatic N) is 1. The summed E-state index contributed by atoms with van der Waals surface area (Å²) in [5, 5.41) is 0. The van der Waals surface area contributed by atoms with Crippen LogP contribution < -0.4 is 9.62 Å². The van der Waals surface area contributed by atoms with E-state index >= 15 is 0 Å². The van der Waals surface area contributed by atoms with Crippen molar-refractivity contribution in [2.75, 3.05) is 22.8 Å². The van der Waals surface area contributed by atoms with Gasteiger partial charge in [0.2, 0.25) is 0 Å². The molecule has 1 aliphatic rings. The van der Waals surface area contributed by atoms with Crippen LogP contribution >= 0.6 is 0 Å². The third kappa shape index (κ3) is 3.14. The summed E-state index contributed by atoms with van der Waals surface area (Å²) in [6, 6.07) is 13.4. The predicted molar refractivity (Wildman–Crippen MR) is 87.1 cm³/mol. The van der Waals surface area contributed by atoms with Gasteiger partial charge in [-0.2, -0.15) is 0 Å². The Morgan fingerprint density at radius 2 is 1.91 bits per heavy atom. The van der Waals surface area contributed by atoms with Crippen molar-refractivity contribution in [1.82, 2.24) is 0 Å². The summed E-state index contributed by atoms with van der Waals surface area (Å²) in [4.78, 5) is 13.3. The van der Waals surface area contributed by atoms with E-state index in [0.29, 0.717) is 30.1 Å². The second-order valence-corrected chi connectivity index (χ2v) is 6.84. The Morgan fingerprint density at radius 1 is 1.13 bits per heavy atom. The van der Waals surface area contributed by atoms with Gasteiger partial charge in [-0.05, 0) is 36.8 Å². The minimum Gasteiger partial charge on any atom is -0.447 e. The fourth-order valence-corrected chi connectivity index (χ4v) is 3.73. The van der Waals surface area contributed by atoms with Crippen LogP contribution in [0.4, 0.5) is 16.2 Å². The minimum atomic E-state index is -3.68. The highest BCUT2D eigenvalue weighted by atomic mass is 32.2. The first-order valence-corrected chi connectivity index (χ1v) is 8.58. The van der Waals surface area contributed by atoms with Crippen molar-refractivity contribution in [2.45, 2.75) is 11.8 Å². The van der Waals surface area contributed by atoms with E-state index in [4.69, 9.17) is 4.74 Å². The molecule has 2 aromatic carbocycles. The van der Waals surface area contributed by atoms with Gasteiger partial charge in [0.1, 0.15) is 6.61 Å². The molecule has 1 N–H and O–H groups in total. The summed E-state index contributed by atoms with van der Waals surface area (Å²) in [6.07, 6.45) is -0.427. The number of hydrogen-bond donors (Lipinski definition) is 1. The van der Waals surface area contributed by atoms with E-state index < -0.39 is 16.1 Å². The van der Waals surface area contributed by atoms with Crippen LogP contribution in [0.1, 0.15) is 5.56 Å². The molecule has 6 nitrogen and oxygen atoms in total. The average molecular weight is 332 g/mol. The Morgan fingerprint density at radius 3 is 2.61 bits per heavy atom. The van der Waals surface area contributed by atoms with E-state index in [1.807, 2.05) is 0 Å². The lowest BCUT2D eigenvalue weighted by Crippen LogP contribution is -2.23. The van der Waals surface area contributed by atoms with Crippen LogP contribution in [0.5, 0.6) is 0 Å². The van der Waals surface area contributed by atoms with E-state index in [-0.39, 0.29) is 4.90 Å². The number of ether oxygens (including phenoxy) is 1. The average Bonchev–Trinajstić information content (AvgIpc) is 2.93. The number of hydrogen-bond acceptors (Lipinski definition) is 4. The van der Waals surface area contributed by atoms with Gasteiger partial charge >= 0.3 is 6.09 Å². The number of cyclic esters (lactones) is 1. The van der Waals surface area contributed by atoms with E-state index in [1.54, 1.807) is 55.5 Å². The lowest BCUT2D eigenvalue weighted by atomic mass is 10.2. The van der Waals surface area contributed by atoms with Crippen LogP contribution in [0.2, 0.25) is 0 Å². The molecule has 2 aromatic rings. The lowest BCUT2D eigenvalue weighted by molar-refractivity contribution is 0.181. The number of anilines is 2. The molecule has 7 heteroatoms. The Hall–Kier alpha value is -2.54. The molecule has 0 bridgehead atoms. The fourth-order valence-electron chi connectivity index (χ4n) is 2.43. The summed E-state index contributed by atoms with van der Waals surface area (Å²) in [6.45, 7) is 2.52. The van der Waals surface area contributed by atoms with Gasteiger partial charge in [-0.1, -0.05) is 24.3 Å². The fraction of sp³-hybridized carbons (Fsp3) is 0.188. The number of carbonyl (C=O) groups is 1. The second kappa shape index (κ2) is 5.92. The Kier molecular flexibility index (Phi) is 3.96. The molecular formula is C16H16N2O4S. The zero-order valence-corrected chi connectivity index (χ0v) is 13.3. The Labute approximate surface area is 134 Å². The first-order valence-electron chi connectivity index (χ1n) is 7.10. The van der Waals surface area contributed by atoms with Crippen LogP contribution in [-0.2, 0) is 14.8 Å². The monoisotopic (exact) mass is 332 g/mol. The van der Waals surface area contributed by atoms with E-state index in [0.717, 1.165) is 0 Å². The summed E-state index contributed by atoms with van der Waals surface area (Å²) >= 11 is 0. The molecule has 120 valence electrons. The van der Waals surface area contributed by atoms with Gasteiger partial charge in [-0.25, -0.2) is 13.2 Å². The molecule has 0 unspecified atom stereocenters. The molecule has 0 aliphatic carbocycles. The molecule has 1 aliphatic heterocycles. The van der Waals surface area contributed by atoms with Gasteiger partial charge in [0.15, 0.2) is 0 Å². The van der Waals surface area contributed by atoms with Crippen molar-refractivity contribution in [1.29, 1.82) is 0 Å². The molecule has 1 heterocycles. The second-order valence-electron chi connectivity index (χ2n) is 5.19. The molecule has 0 saturated carbocycles. The topological polar surface area (TPSA) is 75.7 Å². The summed E-state index contributed by atoms with van der Waals surface area (Å²) < 4.78 is 32.4. The van der Waals surface area contributed by atoms with Crippen LogP contribution in [0, 0.1) is 6.92 Å². The minimum absolute atomic E-state index is 0.228. The number of nitrogens with one attached hydrogen (secondary N) is 1. The molecule has 1 saturated heterocycles. The van der Waals surface area contributed by atoms with Crippen molar-refractivity contribution < 1.29 is 17.9 Å². The number of sulfonamides is 1. The third-order valence-corrected chi connectivity index (χ3v) is 5.10. The summed E-state index contributed by atoms with van der Waals surface area (Å²) in [5.41, 5.74) is 1.65. The van der Waals surface area contributed by atoms with Gasteiger partial charge in [0.05, 0.1) is 17.1 Å². The van der Waals surface area contributed by atoms with Crippen LogP contribution in [0.3, 0.4) is 0 Å². The molecule has 1 fully saturated rings. The van der Waals surface area contributed by atoms with Crippen molar-refractivity contribution in [3.63, 3.8) is 0 Å². The molecular weight excluding hydrogens is 316 g/mol. The van der Waals surface area contributed by atoms with Crippen molar-refractivity contribution in [2.24, 2.45) is 0 Å². The quantitative estimate of drug-likeness (QED) is 0.934. The molecule has 0 spiro atoms. The summed E-state index contributed by atoms with van der Waals surface area (Å²) in [5.74, 6) is 0. The molecule has 1 amide bonds. The maximum absolute atomic E-state index is 12.5. The first kappa shape index (κ1) is 15.4. The lowest BCUT2D eigenvalue weighted by Gasteiger charge is -2.15. The van der Waals surface area contributed by atoms with Gasteiger partial charge < -0.3 is 4.74 Å². The van der Waals surface area contributed by atoms with Gasteiger partial charge in [-0.3, -0.25) is 9.62 Å². The van der Waals surface area contributed by atoms with Gasteiger partial charge in [0, 0.05) is 5.69 Å². The standard InChI is InChI=1S/C16H16N2O4S/c1-12-5-2-3-8-15(12)23(20,21)17-13-6-4-7-14(11-13)18-9-10-22-16(18)19/h2-8,11,17H,9-10H2,1H3. The number of rotatable bonds is 4. The first-order chi connectivity index (χ1) is 11.0. The maximum atomic E-state index is 12.5. The van der Waals surface area contributed by atoms with Crippen LogP contribution in [0.15, 0.2) is 53.4 Å². The zero-order chi connectivity index (χ0) is 16.4. The van der Waals surface area contributed by atoms with Gasteiger partial charge in [0.25, 0.3) is 10.0 Å². The molecule has 0 atom stereocenters. The number of benzene rings is 2. The maximum Gasteiger partial charge on any atom is 0.414 e. The number of aryl methyl sites for hydroxylation is 1. The van der Waals surface area contributed by atoms with Crippen LogP contribution in [-0.4, -0.2) is 27.7 Å². The van der Waals surface area contributed by atoms with Crippen molar-refractivity contribution >= 4 is 27.5 Å². The highest BCUT2D eigenvalue weighted by molar-refractivity contribution is 7.92. The van der Waals surface area contributed by atoms with Crippen molar-refractivity contribution in [3.05, 3.63) is 54.1 Å². The highest BCUT2D eigenvalue weighted by Crippen LogP contribution is 2.25. The third-order valence-electron chi connectivity index (χ3n) is 3.55.